The van der Waals surface area contributed by atoms with Crippen LogP contribution in [0.25, 0.3) is 0 Å². The molecule has 0 aliphatic heterocycles. The molecule has 0 aliphatic carbocycles. The highest BCUT2D eigenvalue weighted by Gasteiger charge is 2.20. The Morgan fingerprint density at radius 2 is 2.14 bits per heavy atom. The van der Waals surface area contributed by atoms with Gasteiger partial charge in [0.1, 0.15) is 5.69 Å². The Hall–Kier alpha value is -2.22. The molecule has 0 aromatic carbocycles. The Bertz CT molecular complexity index is 569. The van der Waals surface area contributed by atoms with E-state index in [1.54, 1.807) is 0 Å². The van der Waals surface area contributed by atoms with Crippen molar-refractivity contribution in [3.63, 3.8) is 0 Å². The molecule has 8 heteroatoms. The van der Waals surface area contributed by atoms with Crippen molar-refractivity contribution in [2.45, 2.75) is 13.5 Å². The molecule has 0 fully saturated rings. The number of rotatable bonds is 7. The highest BCUT2D eigenvalue weighted by molar-refractivity contribution is 5.92. The van der Waals surface area contributed by atoms with Gasteiger partial charge in [-0.25, -0.2) is 4.68 Å². The van der Waals surface area contributed by atoms with Crippen LogP contribution in [-0.4, -0.2) is 59.0 Å². The summed E-state index contributed by atoms with van der Waals surface area (Å²) in [4.78, 5) is 35.8. The van der Waals surface area contributed by atoms with Crippen LogP contribution in [0.2, 0.25) is 0 Å². The molecule has 0 radical (unpaired) electrons. The van der Waals surface area contributed by atoms with Crippen LogP contribution < -0.4 is 5.56 Å². The molecule has 1 aromatic rings. The molecule has 0 bridgehead atoms. The van der Waals surface area contributed by atoms with Gasteiger partial charge in [-0.1, -0.05) is 6.92 Å². The zero-order valence-corrected chi connectivity index (χ0v) is 12.3. The Balaban J connectivity index is 2.86. The van der Waals surface area contributed by atoms with Crippen molar-refractivity contribution in [1.29, 1.82) is 0 Å². The van der Waals surface area contributed by atoms with Gasteiger partial charge in [0.05, 0.1) is 19.1 Å². The van der Waals surface area contributed by atoms with E-state index in [1.165, 1.54) is 38.1 Å². The largest absolute Gasteiger partial charge is 0.481 e. The predicted octanol–water partition coefficient (Wildman–Crippen LogP) is -0.318. The van der Waals surface area contributed by atoms with Crippen molar-refractivity contribution in [3.05, 3.63) is 28.2 Å². The minimum Gasteiger partial charge on any atom is -0.481 e. The molecule has 1 unspecified atom stereocenters. The second kappa shape index (κ2) is 7.53. The van der Waals surface area contributed by atoms with E-state index in [-0.39, 0.29) is 24.3 Å². The maximum Gasteiger partial charge on any atom is 0.308 e. The third-order valence-corrected chi connectivity index (χ3v) is 2.91. The van der Waals surface area contributed by atoms with Gasteiger partial charge in [-0.15, -0.1) is 0 Å². The van der Waals surface area contributed by atoms with Crippen molar-refractivity contribution in [2.24, 2.45) is 5.92 Å². The molecule has 1 rings (SSSR count). The van der Waals surface area contributed by atoms with E-state index in [1.807, 2.05) is 0 Å². The van der Waals surface area contributed by atoms with Crippen molar-refractivity contribution in [1.82, 2.24) is 14.7 Å². The van der Waals surface area contributed by atoms with Crippen LogP contribution in [0.5, 0.6) is 0 Å². The minimum atomic E-state index is -0.979. The molecule has 0 aliphatic rings. The summed E-state index contributed by atoms with van der Waals surface area (Å²) in [5.41, 5.74) is -0.240. The number of hydrogen-bond donors (Lipinski definition) is 1. The van der Waals surface area contributed by atoms with Crippen molar-refractivity contribution >= 4 is 11.9 Å². The fourth-order valence-electron chi connectivity index (χ4n) is 1.67. The summed E-state index contributed by atoms with van der Waals surface area (Å²) in [5, 5.41) is 12.8. The number of aliphatic carboxylic acids is 1. The summed E-state index contributed by atoms with van der Waals surface area (Å²) in [6.45, 7) is 2.12. The number of carbonyl (C=O) groups is 2. The lowest BCUT2D eigenvalue weighted by Crippen LogP contribution is -2.35. The first kappa shape index (κ1) is 16.8. The van der Waals surface area contributed by atoms with Crippen LogP contribution in [0, 0.1) is 5.92 Å². The van der Waals surface area contributed by atoms with Gasteiger partial charge in [-0.05, 0) is 6.07 Å². The lowest BCUT2D eigenvalue weighted by atomic mass is 10.1. The molecular formula is C13H19N3O5. The van der Waals surface area contributed by atoms with E-state index >= 15 is 0 Å². The summed E-state index contributed by atoms with van der Waals surface area (Å²) in [5.74, 6) is -2.10. The SMILES string of the molecule is COCCn1nc(C(=O)N(C)CC(C)C(=O)O)ccc1=O. The third kappa shape index (κ3) is 4.67. The first-order valence-electron chi connectivity index (χ1n) is 6.42. The molecule has 1 amide bonds. The molecule has 1 N–H and O–H groups in total. The number of ether oxygens (including phenoxy) is 1. The summed E-state index contributed by atoms with van der Waals surface area (Å²) in [7, 11) is 3.00. The topological polar surface area (TPSA) is 102 Å². The third-order valence-electron chi connectivity index (χ3n) is 2.91. The van der Waals surface area contributed by atoms with E-state index in [9.17, 15) is 14.4 Å². The highest BCUT2D eigenvalue weighted by Crippen LogP contribution is 2.03. The van der Waals surface area contributed by atoms with Gasteiger partial charge in [0, 0.05) is 26.8 Å². The molecular weight excluding hydrogens is 278 g/mol. The fraction of sp³-hybridized carbons (Fsp3) is 0.538. The number of carboxylic acids is 1. The Morgan fingerprint density at radius 3 is 2.71 bits per heavy atom. The van der Waals surface area contributed by atoms with E-state index in [2.05, 4.69) is 5.10 Å². The summed E-state index contributed by atoms with van der Waals surface area (Å²) >= 11 is 0. The predicted molar refractivity (Wildman–Crippen MR) is 74.1 cm³/mol. The van der Waals surface area contributed by atoms with Gasteiger partial charge in [0.2, 0.25) is 0 Å². The van der Waals surface area contributed by atoms with Crippen LogP contribution in [0.4, 0.5) is 0 Å². The number of carbonyl (C=O) groups excluding carboxylic acids is 1. The zero-order chi connectivity index (χ0) is 16.0. The van der Waals surface area contributed by atoms with Crippen molar-refractivity contribution in [2.75, 3.05) is 27.3 Å². The molecule has 1 atom stereocenters. The molecule has 0 saturated heterocycles. The zero-order valence-electron chi connectivity index (χ0n) is 12.3. The molecule has 21 heavy (non-hydrogen) atoms. The second-order valence-corrected chi connectivity index (χ2v) is 4.70. The van der Waals surface area contributed by atoms with Crippen LogP contribution in [0.3, 0.4) is 0 Å². The van der Waals surface area contributed by atoms with Crippen LogP contribution in [0.15, 0.2) is 16.9 Å². The number of amides is 1. The standard InChI is InChI=1S/C13H19N3O5/c1-9(13(19)20)8-15(2)12(18)10-4-5-11(17)16(14-10)6-7-21-3/h4-5,9H,6-8H2,1-3H3,(H,19,20). The van der Waals surface area contributed by atoms with Gasteiger partial charge in [-0.3, -0.25) is 14.4 Å². The molecule has 1 aromatic heterocycles. The highest BCUT2D eigenvalue weighted by atomic mass is 16.5. The lowest BCUT2D eigenvalue weighted by Gasteiger charge is -2.19. The van der Waals surface area contributed by atoms with E-state index < -0.39 is 17.8 Å². The first-order valence-corrected chi connectivity index (χ1v) is 6.42. The minimum absolute atomic E-state index is 0.0625. The Labute approximate surface area is 121 Å². The number of aromatic nitrogens is 2. The quantitative estimate of drug-likeness (QED) is 0.740. The fourth-order valence-corrected chi connectivity index (χ4v) is 1.67. The normalized spacial score (nSPS) is 12.0. The smallest absolute Gasteiger partial charge is 0.308 e. The number of methoxy groups -OCH3 is 1. The Kier molecular flexibility index (Phi) is 6.04. The van der Waals surface area contributed by atoms with Gasteiger partial charge in [0.15, 0.2) is 0 Å². The average Bonchev–Trinajstić information content (AvgIpc) is 2.45. The second-order valence-electron chi connectivity index (χ2n) is 4.70. The maximum absolute atomic E-state index is 12.2. The molecule has 0 spiro atoms. The molecule has 8 nitrogen and oxygen atoms in total. The summed E-state index contributed by atoms with van der Waals surface area (Å²) in [6.07, 6.45) is 0. The van der Waals surface area contributed by atoms with E-state index in [0.717, 1.165) is 4.68 Å². The van der Waals surface area contributed by atoms with E-state index in [0.29, 0.717) is 6.61 Å². The van der Waals surface area contributed by atoms with Crippen molar-refractivity contribution < 1.29 is 19.4 Å². The van der Waals surface area contributed by atoms with Gasteiger partial charge in [0.25, 0.3) is 11.5 Å². The average molecular weight is 297 g/mol. The number of nitrogens with zero attached hydrogens (tertiary/aromatic N) is 3. The molecule has 0 saturated carbocycles. The number of hydrogen-bond acceptors (Lipinski definition) is 5. The van der Waals surface area contributed by atoms with Gasteiger partial charge in [-0.2, -0.15) is 5.10 Å². The van der Waals surface area contributed by atoms with Crippen LogP contribution in [0.1, 0.15) is 17.4 Å². The molecule has 116 valence electrons. The van der Waals surface area contributed by atoms with Gasteiger partial charge < -0.3 is 14.7 Å². The maximum atomic E-state index is 12.2. The van der Waals surface area contributed by atoms with Crippen molar-refractivity contribution in [3.8, 4) is 0 Å². The van der Waals surface area contributed by atoms with Crippen LogP contribution in [-0.2, 0) is 16.1 Å². The number of carboxylic acid groups (broad SMARTS) is 1. The first-order chi connectivity index (χ1) is 9.86. The van der Waals surface area contributed by atoms with Crippen LogP contribution >= 0.6 is 0 Å². The summed E-state index contributed by atoms with van der Waals surface area (Å²) in [6, 6.07) is 2.58. The van der Waals surface area contributed by atoms with Gasteiger partial charge >= 0.3 is 5.97 Å². The monoisotopic (exact) mass is 297 g/mol. The summed E-state index contributed by atoms with van der Waals surface area (Å²) < 4.78 is 6.01. The van der Waals surface area contributed by atoms with E-state index in [4.69, 9.17) is 9.84 Å². The lowest BCUT2D eigenvalue weighted by molar-refractivity contribution is -0.141. The molecule has 1 heterocycles. The Morgan fingerprint density at radius 1 is 1.48 bits per heavy atom.